The van der Waals surface area contributed by atoms with Gasteiger partial charge in [0.1, 0.15) is 91.3 Å². The van der Waals surface area contributed by atoms with Crippen LogP contribution in [0.2, 0.25) is 0 Å². The van der Waals surface area contributed by atoms with E-state index in [1.54, 1.807) is 142 Å². The maximum atomic E-state index is 12.0. The van der Waals surface area contributed by atoms with Crippen molar-refractivity contribution in [2.75, 3.05) is 49.8 Å². The number of hydrogen-bond acceptors (Lipinski definition) is 25. The molecule has 0 fully saturated rings. The van der Waals surface area contributed by atoms with Gasteiger partial charge < -0.3 is 82.0 Å². The molecule has 0 saturated carbocycles. The first kappa shape index (κ1) is 124. The van der Waals surface area contributed by atoms with Crippen LogP contribution in [0.4, 0.5) is 35.1 Å². The van der Waals surface area contributed by atoms with Crippen molar-refractivity contribution in [2.45, 2.75) is 86.0 Å². The zero-order valence-electron chi connectivity index (χ0n) is 82.8. The van der Waals surface area contributed by atoms with Crippen molar-refractivity contribution in [3.05, 3.63) is 336 Å². The number of halogens is 14. The average Bonchev–Trinajstić information content (AvgIpc) is 1.55. The number of alkyl halides is 6. The molecule has 0 spiro atoms. The summed E-state index contributed by atoms with van der Waals surface area (Å²) in [5, 5.41) is 21.7. The Morgan fingerprint density at radius 2 is 0.691 bits per heavy atom. The molecule has 11 heterocycles. The molecule has 2 N–H and O–H groups in total. The van der Waals surface area contributed by atoms with E-state index in [9.17, 15) is 35.1 Å². The van der Waals surface area contributed by atoms with Crippen LogP contribution in [0.3, 0.4) is 0 Å². The molecule has 42 heteroatoms. The minimum absolute atomic E-state index is 0. The second kappa shape index (κ2) is 60.4. The quantitative estimate of drug-likeness (QED) is 0.0202. The number of hydrogen-bond donors (Lipinski definition) is 3. The average molecular weight is 2390 g/mol. The molecule has 149 heavy (non-hydrogen) atoms. The Bertz CT molecular complexity index is 7100. The largest absolute Gasteiger partial charge is 1.00 e. The van der Waals surface area contributed by atoms with Crippen LogP contribution in [0.1, 0.15) is 63.7 Å². The SMILES string of the molecule is COc1ccc2c(Br)c(-c3ccc(C)s3)oc2c1.COc1ccc2c(Br)c(-c3ccc(C)s3)oc2c1.COc1ccc2cc(-c3ccc(C)s3)oc2c1.COc1ccc2cc(-c3ccc(C)s3)oc2c1.COc1cccc(O/C(=C\Cl)c2ccc(C)s2)c1.COc1cccc(O/C(=C\Cl)c2ccc(C)s2)c1.COc1cccc(O/C(Cl)=C\Cl)c1.Cc1ccc(B(O)O)s1.FC1=C(F)C(F)(F)C(F)(F)C1(F)F.[B]=NS.[CH2-]CCC.[Li+]. The Morgan fingerprint density at radius 1 is 0.403 bits per heavy atom. The van der Waals surface area contributed by atoms with Crippen molar-refractivity contribution in [1.82, 2.24) is 0 Å². The van der Waals surface area contributed by atoms with Gasteiger partial charge in [0.25, 0.3) is 0 Å². The number of thiol groups is 1. The molecule has 0 amide bonds. The number of furan rings is 4. The molecule has 0 atom stereocenters. The number of thiophene rings is 7. The zero-order chi connectivity index (χ0) is 108. The van der Waals surface area contributed by atoms with E-state index in [0.29, 0.717) is 39.3 Å². The van der Waals surface area contributed by atoms with E-state index in [4.69, 9.17) is 121 Å². The Kier molecular flexibility index (Phi) is 50.3. The summed E-state index contributed by atoms with van der Waals surface area (Å²) in [7, 11) is 14.5. The molecule has 1 radical (unpaired) electrons. The molecule has 18 aromatic rings. The van der Waals surface area contributed by atoms with Gasteiger partial charge in [0.2, 0.25) is 16.9 Å². The summed E-state index contributed by atoms with van der Waals surface area (Å²) < 4.78 is 177. The summed E-state index contributed by atoms with van der Waals surface area (Å²) in [6, 6.07) is 77.9. The number of unbranched alkanes of at least 4 members (excludes halogenated alkanes) is 1. The fraction of sp³-hybridized carbons (Fsp3) is 0.187. The number of benzene rings is 7. The molecule has 1 aliphatic carbocycles. The first-order chi connectivity index (χ1) is 70.7. The van der Waals surface area contributed by atoms with Gasteiger partial charge in [0, 0.05) is 114 Å². The summed E-state index contributed by atoms with van der Waals surface area (Å²) in [5.74, 6) is -12.1. The maximum Gasteiger partial charge on any atom is 1.00 e. The first-order valence-corrected chi connectivity index (χ1v) is 53.2. The maximum absolute atomic E-state index is 12.0. The van der Waals surface area contributed by atoms with E-state index < -0.39 is 36.5 Å². The van der Waals surface area contributed by atoms with E-state index in [2.05, 4.69) is 159 Å². The van der Waals surface area contributed by atoms with Crippen LogP contribution >= 0.6 is 170 Å². The molecular formula is C107H97B2Br2Cl4F8LiNO16S8. The van der Waals surface area contributed by atoms with Crippen molar-refractivity contribution in [3.8, 4) is 100 Å². The smallest absolute Gasteiger partial charge is 0.343 e. The Morgan fingerprint density at radius 3 is 0.953 bits per heavy atom. The van der Waals surface area contributed by atoms with Crippen LogP contribution in [0.15, 0.2) is 307 Å². The predicted molar refractivity (Wildman–Crippen MR) is 605 cm³/mol. The van der Waals surface area contributed by atoms with Gasteiger partial charge in [-0.2, -0.15) is 32.8 Å². The molecule has 779 valence electrons. The van der Waals surface area contributed by atoms with Crippen molar-refractivity contribution in [1.29, 1.82) is 0 Å². The van der Waals surface area contributed by atoms with Gasteiger partial charge in [0.15, 0.2) is 23.0 Å². The minimum Gasteiger partial charge on any atom is -0.343 e. The third-order valence-corrected chi connectivity index (χ3v) is 29.5. The number of allylic oxidation sites excluding steroid dienone is 2. The normalized spacial score (nSPS) is 12.3. The van der Waals surface area contributed by atoms with E-state index in [0.717, 1.165) is 156 Å². The number of fused-ring (bicyclic) bond motifs is 4. The molecule has 0 bridgehead atoms. The third kappa shape index (κ3) is 35.0. The summed E-state index contributed by atoms with van der Waals surface area (Å²) in [6.45, 7) is 20.1. The van der Waals surface area contributed by atoms with Crippen LogP contribution in [0.25, 0.3) is 97.9 Å². The van der Waals surface area contributed by atoms with Gasteiger partial charge in [-0.1, -0.05) is 72.4 Å². The Balaban J connectivity index is 0.000000203. The number of ether oxygens (including phenoxy) is 10. The van der Waals surface area contributed by atoms with Gasteiger partial charge in [0.05, 0.1) is 93.5 Å². The molecule has 17 nitrogen and oxygen atoms in total. The van der Waals surface area contributed by atoms with Gasteiger partial charge in [-0.15, -0.1) is 79.4 Å². The van der Waals surface area contributed by atoms with Gasteiger partial charge in [-0.3, -0.25) is 0 Å². The predicted octanol–water partition coefficient (Wildman–Crippen LogP) is 33.8. The molecule has 11 aromatic heterocycles. The van der Waals surface area contributed by atoms with E-state index in [1.165, 1.54) is 58.1 Å². The van der Waals surface area contributed by atoms with Crippen LogP contribution in [-0.4, -0.2) is 92.3 Å². The van der Waals surface area contributed by atoms with Gasteiger partial charge >= 0.3 is 68.5 Å². The summed E-state index contributed by atoms with van der Waals surface area (Å²) in [5.41, 5.74) is 7.46. The molecule has 1 aliphatic rings. The topological polar surface area (TPSA) is 198 Å². The van der Waals surface area contributed by atoms with E-state index >= 15 is 0 Å². The van der Waals surface area contributed by atoms with Crippen molar-refractivity contribution >= 4 is 245 Å². The van der Waals surface area contributed by atoms with Crippen LogP contribution in [0, 0.1) is 55.4 Å². The molecule has 0 saturated heterocycles. The van der Waals surface area contributed by atoms with Crippen LogP contribution < -0.4 is 71.0 Å². The summed E-state index contributed by atoms with van der Waals surface area (Å²) >= 11 is 44.6. The number of methoxy groups -OCH3 is 7. The second-order valence-corrected chi connectivity index (χ2v) is 42.4. The van der Waals surface area contributed by atoms with Crippen molar-refractivity contribution < 1.29 is 129 Å². The third-order valence-electron chi connectivity index (χ3n) is 20.0. The Labute approximate surface area is 941 Å². The van der Waals surface area contributed by atoms with Gasteiger partial charge in [-0.05, 0) is 268 Å². The fourth-order valence-corrected chi connectivity index (χ4v) is 20.4. The van der Waals surface area contributed by atoms with Crippen molar-refractivity contribution in [2.24, 2.45) is 4.30 Å². The number of rotatable bonds is 21. The summed E-state index contributed by atoms with van der Waals surface area (Å²) in [6.07, 6.45) is 2.28. The molecule has 7 aromatic carbocycles. The number of nitrogens with zero attached hydrogens (tertiary/aromatic N) is 1. The Hall–Kier alpha value is -10.1. The van der Waals surface area contributed by atoms with Crippen molar-refractivity contribution in [3.63, 3.8) is 0 Å². The number of aryl methyl sites for hydroxylation is 7. The van der Waals surface area contributed by atoms with Crippen LogP contribution in [-0.2, 0) is 0 Å². The van der Waals surface area contributed by atoms with E-state index in [-0.39, 0.29) is 24.1 Å². The summed E-state index contributed by atoms with van der Waals surface area (Å²) in [4.78, 5) is 15.3. The molecule has 0 aliphatic heterocycles. The molecular weight excluding hydrogens is 2290 g/mol. The fourth-order valence-electron chi connectivity index (χ4n) is 12.5. The molecule has 19 rings (SSSR count). The standard InChI is InChI=1S/2C14H11BrO2S.2C14H13ClO2S.2C14H12O2S.C9H8Cl2O2.C5H7BO2S.C5F8.C4H9.BHNS.Li/c2*1-8-3-6-12(18-8)14-13(15)10-5-4-9(16-2)7-11(10)17-14;2*1-10-6-7-14(18-10)13(9-15)17-12-5-3-4-11(8-12)16-2;2*1-9-3-6-14(17-9)13-7-10-4-5-11(15-2)8-12(10)16-13;1-12-7-3-2-4-8(5-7)13-9(11)6-10;1-4-2-3-5(9-4)6(7)8;6-1-2(7)4(10,11)5(12,13)3(1,8)9;1-3-4-2;1-2-3;/h2*3-7H,1-2H3;2*3-9H,1-2H3;2*3-8H,1-2H3;2-6H,1H3;2-3,7-8H,1H3;;1,3-4H2,2H3;3H;/q;;;;;;;;;-1;;+1/b;;2*13-9-;;;9-6-;;;;;. The van der Waals surface area contributed by atoms with Crippen LogP contribution in [0.5, 0.6) is 57.5 Å². The molecule has 0 unspecified atom stereocenters. The monoisotopic (exact) mass is 2390 g/mol. The first-order valence-electron chi connectivity index (χ1n) is 43.8. The second-order valence-electron chi connectivity index (χ2n) is 30.6. The minimum atomic E-state index is -6.06. The van der Waals surface area contributed by atoms with Gasteiger partial charge in [-0.25, -0.2) is 8.78 Å². The van der Waals surface area contributed by atoms with E-state index in [1.807, 2.05) is 178 Å². The zero-order valence-corrected chi connectivity index (χ0v) is 95.6.